The van der Waals surface area contributed by atoms with Gasteiger partial charge in [-0.05, 0) is 25.0 Å². The molecular formula is C13H22N2O. The monoisotopic (exact) mass is 222 g/mol. The van der Waals surface area contributed by atoms with Crippen LogP contribution in [0.4, 0.5) is 0 Å². The molecule has 16 heavy (non-hydrogen) atoms. The molecule has 0 fully saturated rings. The molecule has 0 atom stereocenters. The van der Waals surface area contributed by atoms with Crippen molar-refractivity contribution in [3.05, 3.63) is 30.1 Å². The van der Waals surface area contributed by atoms with Crippen molar-refractivity contribution in [2.45, 2.75) is 27.7 Å². The molecule has 1 aromatic rings. The molecule has 1 aromatic heterocycles. The molecule has 0 saturated heterocycles. The Labute approximate surface area is 98.5 Å². The molecule has 1 rings (SSSR count). The van der Waals surface area contributed by atoms with E-state index >= 15 is 0 Å². The Hall–Kier alpha value is -1.38. The Kier molecular flexibility index (Phi) is 7.18. The molecule has 0 N–H and O–H groups in total. The van der Waals surface area contributed by atoms with E-state index in [0.717, 1.165) is 5.92 Å². The molecule has 0 aliphatic carbocycles. The van der Waals surface area contributed by atoms with Crippen LogP contribution in [-0.4, -0.2) is 29.4 Å². The third-order valence-electron chi connectivity index (χ3n) is 1.73. The second kappa shape index (κ2) is 7.85. The zero-order chi connectivity index (χ0) is 12.6. The van der Waals surface area contributed by atoms with Crippen LogP contribution in [0.15, 0.2) is 24.5 Å². The SMILES string of the molecule is CC(C)C.CCN(C)C(=O)c1cccnc1. The van der Waals surface area contributed by atoms with Crippen molar-refractivity contribution >= 4 is 5.91 Å². The molecule has 3 heteroatoms. The first kappa shape index (κ1) is 14.6. The van der Waals surface area contributed by atoms with Gasteiger partial charge in [0.1, 0.15) is 0 Å². The van der Waals surface area contributed by atoms with Gasteiger partial charge in [-0.25, -0.2) is 0 Å². The van der Waals surface area contributed by atoms with Crippen molar-refractivity contribution in [2.75, 3.05) is 13.6 Å². The molecule has 0 radical (unpaired) electrons. The lowest BCUT2D eigenvalue weighted by Gasteiger charge is -2.13. The third kappa shape index (κ3) is 6.17. The standard InChI is InChI=1S/C9H12N2O.C4H10/c1-3-11(2)9(12)8-5-4-6-10-7-8;1-4(2)3/h4-7H,3H2,1-2H3;4H,1-3H3. The maximum Gasteiger partial charge on any atom is 0.255 e. The minimum atomic E-state index is 0.0191. The summed E-state index contributed by atoms with van der Waals surface area (Å²) in [6.07, 6.45) is 3.23. The van der Waals surface area contributed by atoms with E-state index in [1.807, 2.05) is 6.92 Å². The van der Waals surface area contributed by atoms with E-state index in [0.29, 0.717) is 12.1 Å². The van der Waals surface area contributed by atoms with Crippen LogP contribution in [0.5, 0.6) is 0 Å². The lowest BCUT2D eigenvalue weighted by Crippen LogP contribution is -2.26. The summed E-state index contributed by atoms with van der Waals surface area (Å²) in [4.78, 5) is 17.0. The summed E-state index contributed by atoms with van der Waals surface area (Å²) in [5, 5.41) is 0. The van der Waals surface area contributed by atoms with Gasteiger partial charge in [-0.1, -0.05) is 20.8 Å². The Bertz CT molecular complexity index is 293. The highest BCUT2D eigenvalue weighted by molar-refractivity contribution is 5.93. The molecule has 0 spiro atoms. The molecule has 1 heterocycles. The molecule has 0 bridgehead atoms. The van der Waals surface area contributed by atoms with E-state index in [4.69, 9.17) is 0 Å². The summed E-state index contributed by atoms with van der Waals surface area (Å²) in [5.41, 5.74) is 0.641. The topological polar surface area (TPSA) is 33.2 Å². The van der Waals surface area contributed by atoms with E-state index < -0.39 is 0 Å². The fraction of sp³-hybridized carbons (Fsp3) is 0.538. The quantitative estimate of drug-likeness (QED) is 0.771. The highest BCUT2D eigenvalue weighted by Crippen LogP contribution is 1.99. The van der Waals surface area contributed by atoms with Gasteiger partial charge < -0.3 is 4.90 Å². The fourth-order valence-corrected chi connectivity index (χ4v) is 0.853. The predicted molar refractivity (Wildman–Crippen MR) is 67.4 cm³/mol. The average Bonchev–Trinajstić information content (AvgIpc) is 2.27. The first-order valence-corrected chi connectivity index (χ1v) is 5.64. The predicted octanol–water partition coefficient (Wildman–Crippen LogP) is 2.84. The second-order valence-corrected chi connectivity index (χ2v) is 4.29. The molecule has 0 unspecified atom stereocenters. The summed E-state index contributed by atoms with van der Waals surface area (Å²) >= 11 is 0. The number of hydrogen-bond donors (Lipinski definition) is 0. The maximum absolute atomic E-state index is 11.5. The van der Waals surface area contributed by atoms with Gasteiger partial charge >= 0.3 is 0 Å². The van der Waals surface area contributed by atoms with Crippen LogP contribution in [0.2, 0.25) is 0 Å². The van der Waals surface area contributed by atoms with Gasteiger partial charge in [-0.15, -0.1) is 0 Å². The molecule has 0 aliphatic rings. The molecule has 0 aliphatic heterocycles. The number of carbonyl (C=O) groups excluding carboxylic acids is 1. The molecule has 0 aromatic carbocycles. The smallest absolute Gasteiger partial charge is 0.255 e. The van der Waals surface area contributed by atoms with Crippen LogP contribution in [-0.2, 0) is 0 Å². The van der Waals surface area contributed by atoms with Crippen molar-refractivity contribution in [2.24, 2.45) is 5.92 Å². The van der Waals surface area contributed by atoms with E-state index in [-0.39, 0.29) is 5.91 Å². The number of amides is 1. The van der Waals surface area contributed by atoms with Crippen molar-refractivity contribution in [3.8, 4) is 0 Å². The third-order valence-corrected chi connectivity index (χ3v) is 1.73. The van der Waals surface area contributed by atoms with Gasteiger partial charge in [-0.2, -0.15) is 0 Å². The largest absolute Gasteiger partial charge is 0.342 e. The molecule has 90 valence electrons. The minimum Gasteiger partial charge on any atom is -0.342 e. The van der Waals surface area contributed by atoms with Crippen molar-refractivity contribution in [1.82, 2.24) is 9.88 Å². The van der Waals surface area contributed by atoms with E-state index in [1.165, 1.54) is 0 Å². The lowest BCUT2D eigenvalue weighted by atomic mass is 10.2. The van der Waals surface area contributed by atoms with Crippen molar-refractivity contribution < 1.29 is 4.79 Å². The van der Waals surface area contributed by atoms with Crippen LogP contribution < -0.4 is 0 Å². The Morgan fingerprint density at radius 3 is 2.38 bits per heavy atom. The second-order valence-electron chi connectivity index (χ2n) is 4.29. The van der Waals surface area contributed by atoms with Gasteiger partial charge in [0.15, 0.2) is 0 Å². The zero-order valence-corrected chi connectivity index (χ0v) is 10.9. The summed E-state index contributed by atoms with van der Waals surface area (Å²) < 4.78 is 0. The first-order chi connectivity index (χ1) is 7.49. The van der Waals surface area contributed by atoms with E-state index in [1.54, 1.807) is 36.5 Å². The number of nitrogens with zero attached hydrogens (tertiary/aromatic N) is 2. The molecule has 0 saturated carbocycles. The number of rotatable bonds is 2. The van der Waals surface area contributed by atoms with Crippen LogP contribution >= 0.6 is 0 Å². The number of pyridine rings is 1. The molecule has 3 nitrogen and oxygen atoms in total. The Morgan fingerprint density at radius 2 is 2.00 bits per heavy atom. The first-order valence-electron chi connectivity index (χ1n) is 5.64. The zero-order valence-electron chi connectivity index (χ0n) is 10.9. The molecular weight excluding hydrogens is 200 g/mol. The van der Waals surface area contributed by atoms with Gasteiger partial charge in [-0.3, -0.25) is 9.78 Å². The molecule has 1 amide bonds. The average molecular weight is 222 g/mol. The van der Waals surface area contributed by atoms with Gasteiger partial charge in [0.05, 0.1) is 5.56 Å². The summed E-state index contributed by atoms with van der Waals surface area (Å²) in [5.74, 6) is 0.852. The number of hydrogen-bond acceptors (Lipinski definition) is 2. The van der Waals surface area contributed by atoms with Crippen molar-refractivity contribution in [1.29, 1.82) is 0 Å². The fourth-order valence-electron chi connectivity index (χ4n) is 0.853. The van der Waals surface area contributed by atoms with Crippen LogP contribution in [0, 0.1) is 5.92 Å². The van der Waals surface area contributed by atoms with Crippen molar-refractivity contribution in [3.63, 3.8) is 0 Å². The maximum atomic E-state index is 11.5. The normalized spacial score (nSPS) is 9.38. The highest BCUT2D eigenvalue weighted by atomic mass is 16.2. The summed E-state index contributed by atoms with van der Waals surface area (Å²) in [6, 6.07) is 3.53. The number of carbonyl (C=O) groups is 1. The summed E-state index contributed by atoms with van der Waals surface area (Å²) in [6.45, 7) is 9.15. The van der Waals surface area contributed by atoms with Gasteiger partial charge in [0, 0.05) is 26.0 Å². The van der Waals surface area contributed by atoms with Crippen LogP contribution in [0.1, 0.15) is 38.1 Å². The summed E-state index contributed by atoms with van der Waals surface area (Å²) in [7, 11) is 1.77. The Morgan fingerprint density at radius 1 is 1.44 bits per heavy atom. The Balaban J connectivity index is 0.000000487. The van der Waals surface area contributed by atoms with Crippen LogP contribution in [0.3, 0.4) is 0 Å². The van der Waals surface area contributed by atoms with Crippen LogP contribution in [0.25, 0.3) is 0 Å². The lowest BCUT2D eigenvalue weighted by molar-refractivity contribution is 0.0802. The van der Waals surface area contributed by atoms with Gasteiger partial charge in [0.2, 0.25) is 0 Å². The number of aromatic nitrogens is 1. The minimum absolute atomic E-state index is 0.0191. The van der Waals surface area contributed by atoms with E-state index in [9.17, 15) is 4.79 Å². The van der Waals surface area contributed by atoms with E-state index in [2.05, 4.69) is 25.8 Å². The highest BCUT2D eigenvalue weighted by Gasteiger charge is 2.08. The van der Waals surface area contributed by atoms with Gasteiger partial charge in [0.25, 0.3) is 5.91 Å².